The Morgan fingerprint density at radius 1 is 1.53 bits per heavy atom. The van der Waals surface area contributed by atoms with E-state index in [9.17, 15) is 4.79 Å². The Morgan fingerprint density at radius 2 is 2.29 bits per heavy atom. The van der Waals surface area contributed by atoms with Crippen LogP contribution in [0.3, 0.4) is 0 Å². The van der Waals surface area contributed by atoms with Crippen molar-refractivity contribution < 1.29 is 4.79 Å². The van der Waals surface area contributed by atoms with Crippen molar-refractivity contribution in [3.8, 4) is 0 Å². The lowest BCUT2D eigenvalue weighted by atomic mass is 10.3. The molecule has 1 heterocycles. The molecular formula is C11H8BrClN2OS. The normalized spacial score (nSPS) is 10.3. The monoisotopic (exact) mass is 330 g/mol. The average molecular weight is 332 g/mol. The van der Waals surface area contributed by atoms with Crippen LogP contribution < -0.4 is 5.32 Å². The number of benzene rings is 1. The van der Waals surface area contributed by atoms with Gasteiger partial charge in [-0.3, -0.25) is 4.79 Å². The number of amides is 1. The molecule has 0 fully saturated rings. The largest absolute Gasteiger partial charge is 0.320 e. The first-order valence-corrected chi connectivity index (χ1v) is 6.79. The summed E-state index contributed by atoms with van der Waals surface area (Å²) in [6.07, 6.45) is 0. The average Bonchev–Trinajstić information content (AvgIpc) is 2.68. The molecule has 0 spiro atoms. The van der Waals surface area contributed by atoms with E-state index in [1.165, 1.54) is 11.3 Å². The zero-order valence-corrected chi connectivity index (χ0v) is 12.0. The van der Waals surface area contributed by atoms with Gasteiger partial charge in [0, 0.05) is 9.50 Å². The Morgan fingerprint density at radius 3 is 2.88 bits per heavy atom. The number of hydrogen-bond acceptors (Lipinski definition) is 3. The quantitative estimate of drug-likeness (QED) is 0.899. The summed E-state index contributed by atoms with van der Waals surface area (Å²) >= 11 is 10.5. The number of thiazole rings is 1. The van der Waals surface area contributed by atoms with Gasteiger partial charge in [0.05, 0.1) is 16.9 Å². The second-order valence-electron chi connectivity index (χ2n) is 3.35. The van der Waals surface area contributed by atoms with Crippen LogP contribution in [-0.4, -0.2) is 10.9 Å². The number of carbonyl (C=O) groups excluding carboxylic acids is 1. The fraction of sp³-hybridized carbons (Fsp3) is 0.0909. The van der Waals surface area contributed by atoms with Gasteiger partial charge in [0.1, 0.15) is 4.88 Å². The minimum absolute atomic E-state index is 0.159. The number of anilines is 1. The molecule has 1 aromatic heterocycles. The molecule has 0 bridgehead atoms. The van der Waals surface area contributed by atoms with Crippen LogP contribution in [0, 0.1) is 6.92 Å². The predicted octanol–water partition coefficient (Wildman–Crippen LogP) is 4.12. The van der Waals surface area contributed by atoms with Crippen molar-refractivity contribution in [2.24, 2.45) is 0 Å². The third-order valence-corrected chi connectivity index (χ3v) is 3.95. The number of rotatable bonds is 2. The Bertz CT molecular complexity index is 570. The van der Waals surface area contributed by atoms with Crippen LogP contribution in [0.5, 0.6) is 0 Å². The fourth-order valence-corrected chi connectivity index (χ4v) is 2.77. The minimum Gasteiger partial charge on any atom is -0.320 e. The smallest absolute Gasteiger partial charge is 0.267 e. The van der Waals surface area contributed by atoms with Crippen LogP contribution in [0.2, 0.25) is 5.02 Å². The number of aryl methyl sites for hydroxylation is 1. The van der Waals surface area contributed by atoms with E-state index in [1.54, 1.807) is 23.7 Å². The van der Waals surface area contributed by atoms with Crippen molar-refractivity contribution in [1.82, 2.24) is 4.98 Å². The van der Waals surface area contributed by atoms with Crippen molar-refractivity contribution in [2.75, 3.05) is 5.32 Å². The summed E-state index contributed by atoms with van der Waals surface area (Å²) in [7, 11) is 0. The second-order valence-corrected chi connectivity index (χ2v) is 5.49. The van der Waals surface area contributed by atoms with Crippen molar-refractivity contribution in [3.05, 3.63) is 43.8 Å². The molecule has 0 atom stereocenters. The first kappa shape index (κ1) is 12.5. The van der Waals surface area contributed by atoms with Gasteiger partial charge in [0.15, 0.2) is 0 Å². The zero-order chi connectivity index (χ0) is 12.4. The molecule has 2 aromatic rings. The first-order valence-electron chi connectivity index (χ1n) is 4.74. The van der Waals surface area contributed by atoms with Crippen LogP contribution in [0.25, 0.3) is 0 Å². The summed E-state index contributed by atoms with van der Waals surface area (Å²) < 4.78 is 0.750. The van der Waals surface area contributed by atoms with Crippen LogP contribution >= 0.6 is 38.9 Å². The maximum Gasteiger partial charge on any atom is 0.267 e. The molecule has 0 saturated carbocycles. The molecule has 1 N–H and O–H groups in total. The molecular weight excluding hydrogens is 324 g/mol. The van der Waals surface area contributed by atoms with Crippen LogP contribution in [-0.2, 0) is 0 Å². The lowest BCUT2D eigenvalue weighted by Gasteiger charge is -2.06. The van der Waals surface area contributed by atoms with E-state index >= 15 is 0 Å². The van der Waals surface area contributed by atoms with Crippen molar-refractivity contribution in [2.45, 2.75) is 6.92 Å². The summed E-state index contributed by atoms with van der Waals surface area (Å²) in [5.41, 5.74) is 3.08. The molecule has 0 aliphatic rings. The number of nitrogens with zero attached hydrogens (tertiary/aromatic N) is 1. The summed E-state index contributed by atoms with van der Waals surface area (Å²) in [4.78, 5) is 16.6. The van der Waals surface area contributed by atoms with Gasteiger partial charge in [-0.15, -0.1) is 11.3 Å². The molecule has 6 heteroatoms. The van der Waals surface area contributed by atoms with E-state index in [-0.39, 0.29) is 5.91 Å². The molecule has 0 radical (unpaired) electrons. The van der Waals surface area contributed by atoms with E-state index in [0.717, 1.165) is 10.2 Å². The summed E-state index contributed by atoms with van der Waals surface area (Å²) in [5, 5.41) is 3.42. The van der Waals surface area contributed by atoms with Gasteiger partial charge in [-0.05, 0) is 41.1 Å². The third kappa shape index (κ3) is 2.86. The van der Waals surface area contributed by atoms with Crippen molar-refractivity contribution >= 4 is 50.5 Å². The SMILES string of the molecule is Cc1ncsc1C(=O)Nc1ccc(Cl)cc1Br. The Kier molecular flexibility index (Phi) is 3.81. The van der Waals surface area contributed by atoms with Crippen molar-refractivity contribution in [3.63, 3.8) is 0 Å². The first-order chi connectivity index (χ1) is 8.08. The molecule has 0 aliphatic carbocycles. The van der Waals surface area contributed by atoms with Gasteiger partial charge in [0.25, 0.3) is 5.91 Å². The number of nitrogens with one attached hydrogen (secondary N) is 1. The van der Waals surface area contributed by atoms with Gasteiger partial charge >= 0.3 is 0 Å². The molecule has 3 nitrogen and oxygen atoms in total. The standard InChI is InChI=1S/C11H8BrClN2OS/c1-6-10(17-5-14-6)11(16)15-9-3-2-7(13)4-8(9)12/h2-5H,1H3,(H,15,16). The summed E-state index contributed by atoms with van der Waals surface area (Å²) in [6, 6.07) is 5.21. The number of halogens is 2. The van der Waals surface area contributed by atoms with Gasteiger partial charge in [-0.1, -0.05) is 11.6 Å². The minimum atomic E-state index is -0.159. The Hall–Kier alpha value is -0.910. The molecule has 2 rings (SSSR count). The zero-order valence-electron chi connectivity index (χ0n) is 8.83. The van der Waals surface area contributed by atoms with E-state index in [0.29, 0.717) is 15.6 Å². The number of carbonyl (C=O) groups is 1. The second kappa shape index (κ2) is 5.16. The maximum absolute atomic E-state index is 11.9. The highest BCUT2D eigenvalue weighted by atomic mass is 79.9. The topological polar surface area (TPSA) is 42.0 Å². The van der Waals surface area contributed by atoms with Crippen molar-refractivity contribution in [1.29, 1.82) is 0 Å². The van der Waals surface area contributed by atoms with E-state index in [4.69, 9.17) is 11.6 Å². The van der Waals surface area contributed by atoms with E-state index in [2.05, 4.69) is 26.2 Å². The summed E-state index contributed by atoms with van der Waals surface area (Å²) in [6.45, 7) is 1.81. The van der Waals surface area contributed by atoms with Gasteiger partial charge in [-0.2, -0.15) is 0 Å². The van der Waals surface area contributed by atoms with E-state index < -0.39 is 0 Å². The molecule has 0 aliphatic heterocycles. The Balaban J connectivity index is 2.22. The number of hydrogen-bond donors (Lipinski definition) is 1. The molecule has 1 aromatic carbocycles. The lowest BCUT2D eigenvalue weighted by Crippen LogP contribution is -2.11. The molecule has 17 heavy (non-hydrogen) atoms. The van der Waals surface area contributed by atoms with Crippen LogP contribution in [0.15, 0.2) is 28.2 Å². The predicted molar refractivity (Wildman–Crippen MR) is 74.0 cm³/mol. The highest BCUT2D eigenvalue weighted by Gasteiger charge is 2.13. The maximum atomic E-state index is 11.9. The highest BCUT2D eigenvalue weighted by Crippen LogP contribution is 2.26. The highest BCUT2D eigenvalue weighted by molar-refractivity contribution is 9.10. The summed E-state index contributed by atoms with van der Waals surface area (Å²) in [5.74, 6) is -0.159. The molecule has 88 valence electrons. The Labute approximate surface area is 116 Å². The van der Waals surface area contributed by atoms with Gasteiger partial charge in [0.2, 0.25) is 0 Å². The third-order valence-electron chi connectivity index (χ3n) is 2.13. The van der Waals surface area contributed by atoms with Gasteiger partial charge < -0.3 is 5.32 Å². The molecule has 0 unspecified atom stereocenters. The fourth-order valence-electron chi connectivity index (χ4n) is 1.29. The molecule has 1 amide bonds. The number of aromatic nitrogens is 1. The van der Waals surface area contributed by atoms with Gasteiger partial charge in [-0.25, -0.2) is 4.98 Å². The van der Waals surface area contributed by atoms with Crippen LogP contribution in [0.1, 0.15) is 15.4 Å². The van der Waals surface area contributed by atoms with E-state index in [1.807, 2.05) is 6.92 Å². The lowest BCUT2D eigenvalue weighted by molar-refractivity contribution is 0.102. The molecule has 0 saturated heterocycles. The van der Waals surface area contributed by atoms with Crippen LogP contribution in [0.4, 0.5) is 5.69 Å².